The molecular formula is C18H30N2O4. The van der Waals surface area contributed by atoms with Crippen LogP contribution in [0.3, 0.4) is 0 Å². The van der Waals surface area contributed by atoms with Gasteiger partial charge in [-0.05, 0) is 25.7 Å². The highest BCUT2D eigenvalue weighted by Crippen LogP contribution is 2.41. The lowest BCUT2D eigenvalue weighted by molar-refractivity contribution is -0.152. The first-order chi connectivity index (χ1) is 11.5. The second-order valence-corrected chi connectivity index (χ2v) is 6.60. The molecule has 1 rings (SSSR count). The summed E-state index contributed by atoms with van der Waals surface area (Å²) in [4.78, 5) is 48.3. The van der Waals surface area contributed by atoms with Gasteiger partial charge in [0.1, 0.15) is 5.41 Å². The fourth-order valence-corrected chi connectivity index (χ4v) is 2.78. The molecule has 1 aliphatic rings. The summed E-state index contributed by atoms with van der Waals surface area (Å²) in [5.41, 5.74) is -1.25. The maximum Gasteiger partial charge on any atom is 0.242 e. The summed E-state index contributed by atoms with van der Waals surface area (Å²) in [5.74, 6) is -1.81. The zero-order valence-electron chi connectivity index (χ0n) is 14.9. The van der Waals surface area contributed by atoms with Crippen molar-refractivity contribution in [2.75, 3.05) is 0 Å². The largest absolute Gasteiger partial charge is 0.296 e. The molecule has 1 fully saturated rings. The number of amides is 4. The lowest BCUT2D eigenvalue weighted by Gasteiger charge is -2.37. The molecule has 0 aliphatic heterocycles. The molecule has 0 aromatic rings. The van der Waals surface area contributed by atoms with E-state index in [4.69, 9.17) is 0 Å². The van der Waals surface area contributed by atoms with Crippen LogP contribution in [-0.4, -0.2) is 23.6 Å². The molecule has 1 saturated carbocycles. The number of imide groups is 2. The molecule has 2 N–H and O–H groups in total. The highest BCUT2D eigenvalue weighted by molar-refractivity contribution is 6.14. The van der Waals surface area contributed by atoms with E-state index in [0.717, 1.165) is 44.9 Å². The van der Waals surface area contributed by atoms with Crippen molar-refractivity contribution in [2.24, 2.45) is 5.41 Å². The van der Waals surface area contributed by atoms with Crippen molar-refractivity contribution in [1.82, 2.24) is 10.6 Å². The smallest absolute Gasteiger partial charge is 0.242 e. The van der Waals surface area contributed by atoms with Crippen molar-refractivity contribution in [3.8, 4) is 0 Å². The maximum absolute atomic E-state index is 12.4. The third-order valence-corrected chi connectivity index (χ3v) is 4.60. The quantitative estimate of drug-likeness (QED) is 0.473. The fraction of sp³-hybridized carbons (Fsp3) is 0.778. The molecule has 1 aliphatic carbocycles. The molecule has 0 aromatic heterocycles. The summed E-state index contributed by atoms with van der Waals surface area (Å²) in [5, 5.41) is 4.68. The summed E-state index contributed by atoms with van der Waals surface area (Å²) >= 11 is 0. The van der Waals surface area contributed by atoms with Crippen LogP contribution >= 0.6 is 0 Å². The Kier molecular flexibility index (Phi) is 8.65. The lowest BCUT2D eigenvalue weighted by Crippen LogP contribution is -2.57. The zero-order chi connectivity index (χ0) is 18.0. The van der Waals surface area contributed by atoms with Gasteiger partial charge in [-0.25, -0.2) is 0 Å². The zero-order valence-corrected chi connectivity index (χ0v) is 14.9. The molecule has 136 valence electrons. The van der Waals surface area contributed by atoms with E-state index < -0.39 is 17.2 Å². The van der Waals surface area contributed by atoms with Gasteiger partial charge in [-0.1, -0.05) is 46.0 Å². The Hall–Kier alpha value is -1.72. The van der Waals surface area contributed by atoms with Gasteiger partial charge in [-0.2, -0.15) is 0 Å². The van der Waals surface area contributed by atoms with Crippen LogP contribution in [0.2, 0.25) is 0 Å². The number of hydrogen-bond donors (Lipinski definition) is 2. The summed E-state index contributed by atoms with van der Waals surface area (Å²) in [7, 11) is 0. The van der Waals surface area contributed by atoms with Crippen molar-refractivity contribution in [3.63, 3.8) is 0 Å². The highest BCUT2D eigenvalue weighted by Gasteiger charge is 2.51. The SMILES string of the molecule is CCCCCC(=O)NC(=O)C1(C(=O)NC(=O)CCCCC)CCC1. The Morgan fingerprint density at radius 3 is 1.46 bits per heavy atom. The van der Waals surface area contributed by atoms with E-state index in [9.17, 15) is 19.2 Å². The molecule has 0 radical (unpaired) electrons. The molecule has 0 atom stereocenters. The van der Waals surface area contributed by atoms with Crippen molar-refractivity contribution in [3.05, 3.63) is 0 Å². The average molecular weight is 338 g/mol. The van der Waals surface area contributed by atoms with Crippen LogP contribution in [0.4, 0.5) is 0 Å². The Morgan fingerprint density at radius 1 is 0.750 bits per heavy atom. The normalized spacial score (nSPS) is 15.2. The van der Waals surface area contributed by atoms with Crippen LogP contribution in [0.15, 0.2) is 0 Å². The van der Waals surface area contributed by atoms with Crippen molar-refractivity contribution in [2.45, 2.75) is 84.5 Å². The summed E-state index contributed by atoms with van der Waals surface area (Å²) in [6.07, 6.45) is 7.38. The first-order valence-electron chi connectivity index (χ1n) is 9.14. The molecule has 24 heavy (non-hydrogen) atoms. The minimum Gasteiger partial charge on any atom is -0.296 e. The molecule has 4 amide bonds. The molecule has 6 nitrogen and oxygen atoms in total. The van der Waals surface area contributed by atoms with Gasteiger partial charge in [-0.3, -0.25) is 29.8 Å². The maximum atomic E-state index is 12.4. The average Bonchev–Trinajstić information content (AvgIpc) is 2.46. The van der Waals surface area contributed by atoms with E-state index in [1.807, 2.05) is 13.8 Å². The topological polar surface area (TPSA) is 92.3 Å². The molecule has 0 bridgehead atoms. The predicted octanol–water partition coefficient (Wildman–Crippen LogP) is 2.60. The van der Waals surface area contributed by atoms with E-state index >= 15 is 0 Å². The molecule has 0 spiro atoms. The molecular weight excluding hydrogens is 308 g/mol. The van der Waals surface area contributed by atoms with Crippen LogP contribution in [0, 0.1) is 5.41 Å². The second kappa shape index (κ2) is 10.2. The number of nitrogens with one attached hydrogen (secondary N) is 2. The number of carbonyl (C=O) groups excluding carboxylic acids is 4. The van der Waals surface area contributed by atoms with Gasteiger partial charge in [0.15, 0.2) is 0 Å². The number of rotatable bonds is 10. The van der Waals surface area contributed by atoms with Gasteiger partial charge in [0.05, 0.1) is 0 Å². The Morgan fingerprint density at radius 2 is 1.17 bits per heavy atom. The van der Waals surface area contributed by atoms with E-state index in [-0.39, 0.29) is 24.7 Å². The Bertz CT molecular complexity index is 432. The molecule has 0 saturated heterocycles. The van der Waals surface area contributed by atoms with Crippen LogP contribution in [0.1, 0.15) is 84.5 Å². The Balaban J connectivity index is 2.52. The number of hydrogen-bond acceptors (Lipinski definition) is 4. The van der Waals surface area contributed by atoms with Gasteiger partial charge in [0.2, 0.25) is 23.6 Å². The minimum atomic E-state index is -1.25. The summed E-state index contributed by atoms with van der Waals surface area (Å²) in [6, 6.07) is 0. The van der Waals surface area contributed by atoms with Gasteiger partial charge in [0.25, 0.3) is 0 Å². The number of unbranched alkanes of at least 4 members (excludes halogenated alkanes) is 4. The van der Waals surface area contributed by atoms with Crippen LogP contribution in [0.5, 0.6) is 0 Å². The molecule has 6 heteroatoms. The second-order valence-electron chi connectivity index (χ2n) is 6.60. The van der Waals surface area contributed by atoms with E-state index in [2.05, 4.69) is 10.6 Å². The molecule has 0 aromatic carbocycles. The van der Waals surface area contributed by atoms with Crippen LogP contribution < -0.4 is 10.6 Å². The van der Waals surface area contributed by atoms with Crippen molar-refractivity contribution in [1.29, 1.82) is 0 Å². The Labute approximate surface area is 144 Å². The van der Waals surface area contributed by atoms with Gasteiger partial charge >= 0.3 is 0 Å². The minimum absolute atomic E-state index is 0.285. The lowest BCUT2D eigenvalue weighted by atomic mass is 9.67. The van der Waals surface area contributed by atoms with Gasteiger partial charge in [0, 0.05) is 12.8 Å². The number of carbonyl (C=O) groups is 4. The predicted molar refractivity (Wildman–Crippen MR) is 90.9 cm³/mol. The van der Waals surface area contributed by atoms with E-state index in [1.165, 1.54) is 0 Å². The first kappa shape index (κ1) is 20.3. The summed E-state index contributed by atoms with van der Waals surface area (Å²) in [6.45, 7) is 4.07. The standard InChI is InChI=1S/C18H30N2O4/c1-3-5-7-10-14(21)19-16(23)18(12-9-13-18)17(24)20-15(22)11-8-6-4-2/h3-13H2,1-2H3,(H,19,21,23)(H,20,22,24). The van der Waals surface area contributed by atoms with Crippen molar-refractivity contribution >= 4 is 23.6 Å². The van der Waals surface area contributed by atoms with E-state index in [1.54, 1.807) is 0 Å². The summed E-state index contributed by atoms with van der Waals surface area (Å²) < 4.78 is 0. The highest BCUT2D eigenvalue weighted by atomic mass is 16.2. The van der Waals surface area contributed by atoms with Crippen molar-refractivity contribution < 1.29 is 19.2 Å². The van der Waals surface area contributed by atoms with Crippen LogP contribution in [-0.2, 0) is 19.2 Å². The third-order valence-electron chi connectivity index (χ3n) is 4.60. The molecule has 0 unspecified atom stereocenters. The van der Waals surface area contributed by atoms with Gasteiger partial charge in [-0.15, -0.1) is 0 Å². The monoisotopic (exact) mass is 338 g/mol. The van der Waals surface area contributed by atoms with Gasteiger partial charge < -0.3 is 0 Å². The fourth-order valence-electron chi connectivity index (χ4n) is 2.78. The first-order valence-corrected chi connectivity index (χ1v) is 9.14. The van der Waals surface area contributed by atoms with Crippen LogP contribution in [0.25, 0.3) is 0 Å². The molecule has 0 heterocycles. The third kappa shape index (κ3) is 5.73. The van der Waals surface area contributed by atoms with E-state index in [0.29, 0.717) is 12.8 Å².